The number of halogens is 2. The van der Waals surface area contributed by atoms with Crippen LogP contribution in [0.2, 0.25) is 10.0 Å². The molecule has 4 rings (SSSR count). The van der Waals surface area contributed by atoms with Crippen LogP contribution in [0.1, 0.15) is 5.56 Å². The quantitative estimate of drug-likeness (QED) is 0.724. The minimum Gasteiger partial charge on any atom is -0.454 e. The zero-order valence-electron chi connectivity index (χ0n) is 13.2. The van der Waals surface area contributed by atoms with Gasteiger partial charge >= 0.3 is 6.01 Å². The Kier molecular flexibility index (Phi) is 4.40. The monoisotopic (exact) mass is 391 g/mol. The summed E-state index contributed by atoms with van der Waals surface area (Å²) in [5, 5.41) is 11.2. The summed E-state index contributed by atoms with van der Waals surface area (Å²) in [5.74, 6) is 1.18. The number of anilines is 1. The lowest BCUT2D eigenvalue weighted by molar-refractivity contribution is -0.115. The number of hydrogen-bond acceptors (Lipinski definition) is 6. The number of nitrogens with one attached hydrogen (secondary N) is 1. The molecule has 0 aliphatic carbocycles. The summed E-state index contributed by atoms with van der Waals surface area (Å²) in [5.41, 5.74) is 1.33. The van der Waals surface area contributed by atoms with Gasteiger partial charge in [-0.3, -0.25) is 10.1 Å². The highest BCUT2D eigenvalue weighted by molar-refractivity contribution is 6.35. The summed E-state index contributed by atoms with van der Waals surface area (Å²) >= 11 is 11.9. The van der Waals surface area contributed by atoms with Gasteiger partial charge in [-0.1, -0.05) is 34.4 Å². The zero-order chi connectivity index (χ0) is 18.1. The molecule has 1 aromatic heterocycles. The van der Waals surface area contributed by atoms with Gasteiger partial charge in [0.25, 0.3) is 0 Å². The van der Waals surface area contributed by atoms with Crippen molar-refractivity contribution < 1.29 is 18.7 Å². The maximum atomic E-state index is 12.2. The molecule has 132 valence electrons. The second-order valence-corrected chi connectivity index (χ2v) is 6.36. The minimum atomic E-state index is -0.303. The lowest BCUT2D eigenvalue weighted by Crippen LogP contribution is -2.14. The van der Waals surface area contributed by atoms with Crippen molar-refractivity contribution in [1.82, 2.24) is 10.2 Å². The standard InChI is InChI=1S/C17H11Cl2N3O4/c18-11-5-10(6-12(19)7-11)16-21-22-17(26-16)20-15(23)4-9-1-2-13-14(3-9)25-8-24-13/h1-3,5-7H,4,8H2,(H,20,22,23). The number of fused-ring (bicyclic) bond motifs is 1. The maximum Gasteiger partial charge on any atom is 0.322 e. The number of rotatable bonds is 4. The number of hydrogen-bond donors (Lipinski definition) is 1. The van der Waals surface area contributed by atoms with Crippen LogP contribution in [0.3, 0.4) is 0 Å². The lowest BCUT2D eigenvalue weighted by atomic mass is 10.1. The molecule has 1 aliphatic heterocycles. The molecule has 1 amide bonds. The normalized spacial score (nSPS) is 12.2. The van der Waals surface area contributed by atoms with E-state index in [-0.39, 0.29) is 31.0 Å². The molecule has 26 heavy (non-hydrogen) atoms. The third kappa shape index (κ3) is 3.58. The SMILES string of the molecule is O=C(Cc1ccc2c(c1)OCO2)Nc1nnc(-c2cc(Cl)cc(Cl)c2)o1. The fourth-order valence-corrected chi connectivity index (χ4v) is 2.99. The van der Waals surface area contributed by atoms with Crippen molar-refractivity contribution in [3.63, 3.8) is 0 Å². The predicted octanol–water partition coefficient (Wildman–Crippen LogP) is 3.95. The molecule has 0 saturated carbocycles. The van der Waals surface area contributed by atoms with Gasteiger partial charge < -0.3 is 13.9 Å². The third-order valence-electron chi connectivity index (χ3n) is 3.58. The van der Waals surface area contributed by atoms with E-state index >= 15 is 0 Å². The lowest BCUT2D eigenvalue weighted by Gasteiger charge is -2.03. The van der Waals surface area contributed by atoms with Crippen LogP contribution in [0.25, 0.3) is 11.5 Å². The Morgan fingerprint density at radius 1 is 1.04 bits per heavy atom. The van der Waals surface area contributed by atoms with Gasteiger partial charge in [0, 0.05) is 15.6 Å². The fourth-order valence-electron chi connectivity index (χ4n) is 2.47. The molecule has 0 fully saturated rings. The van der Waals surface area contributed by atoms with E-state index in [4.69, 9.17) is 37.1 Å². The molecule has 3 aromatic rings. The molecule has 1 aliphatic rings. The average Bonchev–Trinajstić information content (AvgIpc) is 3.22. The first-order valence-electron chi connectivity index (χ1n) is 7.55. The molecule has 0 atom stereocenters. The van der Waals surface area contributed by atoms with Gasteiger partial charge in [0.15, 0.2) is 11.5 Å². The molecule has 0 unspecified atom stereocenters. The summed E-state index contributed by atoms with van der Waals surface area (Å²) in [7, 11) is 0. The average molecular weight is 392 g/mol. The van der Waals surface area contributed by atoms with Crippen molar-refractivity contribution in [3.05, 3.63) is 52.0 Å². The Balaban J connectivity index is 1.44. The molecule has 0 bridgehead atoms. The van der Waals surface area contributed by atoms with Crippen LogP contribution in [0.4, 0.5) is 6.01 Å². The van der Waals surface area contributed by atoms with E-state index in [1.54, 1.807) is 36.4 Å². The second kappa shape index (κ2) is 6.86. The van der Waals surface area contributed by atoms with E-state index in [0.29, 0.717) is 27.1 Å². The highest BCUT2D eigenvalue weighted by atomic mass is 35.5. The van der Waals surface area contributed by atoms with Crippen molar-refractivity contribution in [2.24, 2.45) is 0 Å². The highest BCUT2D eigenvalue weighted by Crippen LogP contribution is 2.32. The van der Waals surface area contributed by atoms with E-state index in [2.05, 4.69) is 15.5 Å². The smallest absolute Gasteiger partial charge is 0.322 e. The van der Waals surface area contributed by atoms with Crippen molar-refractivity contribution in [1.29, 1.82) is 0 Å². The summed E-state index contributed by atoms with van der Waals surface area (Å²) in [6.45, 7) is 0.184. The number of amides is 1. The molecular weight excluding hydrogens is 381 g/mol. The van der Waals surface area contributed by atoms with Crippen LogP contribution in [0.15, 0.2) is 40.8 Å². The van der Waals surface area contributed by atoms with Gasteiger partial charge in [0.1, 0.15) is 0 Å². The summed E-state index contributed by atoms with van der Waals surface area (Å²) in [4.78, 5) is 12.2. The van der Waals surface area contributed by atoms with Gasteiger partial charge in [-0.2, -0.15) is 0 Å². The molecule has 2 heterocycles. The van der Waals surface area contributed by atoms with Gasteiger partial charge in [-0.15, -0.1) is 5.10 Å². The van der Waals surface area contributed by atoms with E-state index < -0.39 is 0 Å². The first kappa shape index (κ1) is 16.7. The van der Waals surface area contributed by atoms with Crippen LogP contribution in [0, 0.1) is 0 Å². The zero-order valence-corrected chi connectivity index (χ0v) is 14.7. The summed E-state index contributed by atoms with van der Waals surface area (Å²) in [6.07, 6.45) is 0.122. The fraction of sp³-hybridized carbons (Fsp3) is 0.118. The minimum absolute atomic E-state index is 0.0122. The van der Waals surface area contributed by atoms with Gasteiger partial charge in [0.05, 0.1) is 6.42 Å². The van der Waals surface area contributed by atoms with Crippen molar-refractivity contribution >= 4 is 35.1 Å². The predicted molar refractivity (Wildman–Crippen MR) is 94.7 cm³/mol. The Bertz CT molecular complexity index is 970. The number of carbonyl (C=O) groups excluding carboxylic acids is 1. The van der Waals surface area contributed by atoms with Crippen LogP contribution in [-0.2, 0) is 11.2 Å². The molecule has 0 spiro atoms. The number of ether oxygens (including phenoxy) is 2. The van der Waals surface area contributed by atoms with Crippen molar-refractivity contribution in [2.75, 3.05) is 12.1 Å². The van der Waals surface area contributed by atoms with Gasteiger partial charge in [-0.25, -0.2) is 0 Å². The number of carbonyl (C=O) groups is 1. The molecule has 0 saturated heterocycles. The molecule has 1 N–H and O–H groups in total. The Hall–Kier alpha value is -2.77. The van der Waals surface area contributed by atoms with Gasteiger partial charge in [0.2, 0.25) is 18.6 Å². The van der Waals surface area contributed by atoms with Crippen LogP contribution in [-0.4, -0.2) is 22.9 Å². The maximum absolute atomic E-state index is 12.2. The molecule has 7 nitrogen and oxygen atoms in total. The van der Waals surface area contributed by atoms with E-state index in [9.17, 15) is 4.79 Å². The second-order valence-electron chi connectivity index (χ2n) is 5.48. The highest BCUT2D eigenvalue weighted by Gasteiger charge is 2.16. The first-order valence-corrected chi connectivity index (χ1v) is 8.31. The molecule has 0 radical (unpaired) electrons. The molecule has 2 aromatic carbocycles. The van der Waals surface area contributed by atoms with Crippen molar-refractivity contribution in [2.45, 2.75) is 6.42 Å². The Morgan fingerprint density at radius 2 is 1.81 bits per heavy atom. The Morgan fingerprint density at radius 3 is 2.62 bits per heavy atom. The van der Waals surface area contributed by atoms with Crippen molar-refractivity contribution in [3.8, 4) is 23.0 Å². The third-order valence-corrected chi connectivity index (χ3v) is 4.02. The number of benzene rings is 2. The van der Waals surface area contributed by atoms with Crippen LogP contribution < -0.4 is 14.8 Å². The van der Waals surface area contributed by atoms with E-state index in [1.165, 1.54) is 0 Å². The summed E-state index contributed by atoms with van der Waals surface area (Å²) < 4.78 is 16.0. The number of nitrogens with zero attached hydrogens (tertiary/aromatic N) is 2. The molecule has 9 heteroatoms. The van der Waals surface area contributed by atoms with E-state index in [1.807, 2.05) is 0 Å². The Labute approximate surface area is 157 Å². The largest absolute Gasteiger partial charge is 0.454 e. The summed E-state index contributed by atoms with van der Waals surface area (Å²) in [6, 6.07) is 10.2. The number of aromatic nitrogens is 2. The topological polar surface area (TPSA) is 86.5 Å². The van der Waals surface area contributed by atoms with Crippen LogP contribution in [0.5, 0.6) is 11.5 Å². The van der Waals surface area contributed by atoms with Crippen LogP contribution >= 0.6 is 23.2 Å². The van der Waals surface area contributed by atoms with E-state index in [0.717, 1.165) is 5.56 Å². The van der Waals surface area contributed by atoms with Gasteiger partial charge in [-0.05, 0) is 35.9 Å². The molecular formula is C17H11Cl2N3O4. The first-order chi connectivity index (χ1) is 12.6.